The molecule has 0 spiro atoms. The summed E-state index contributed by atoms with van der Waals surface area (Å²) in [7, 11) is -3.56. The molecule has 1 fully saturated rings. The first-order chi connectivity index (χ1) is 11.8. The molecule has 1 aliphatic rings. The zero-order valence-electron chi connectivity index (χ0n) is 14.0. The molecule has 1 aliphatic heterocycles. The number of anilines is 1. The van der Waals surface area contributed by atoms with Crippen molar-refractivity contribution in [2.75, 3.05) is 36.8 Å². The molecule has 7 nitrogen and oxygen atoms in total. The van der Waals surface area contributed by atoms with E-state index >= 15 is 0 Å². The van der Waals surface area contributed by atoms with E-state index in [0.717, 1.165) is 12.5 Å². The minimum Gasteiger partial charge on any atom is -0.367 e. The van der Waals surface area contributed by atoms with Gasteiger partial charge in [-0.2, -0.15) is 0 Å². The van der Waals surface area contributed by atoms with Crippen LogP contribution in [0.5, 0.6) is 0 Å². The Morgan fingerprint density at radius 2 is 2.20 bits per heavy atom. The molecule has 0 radical (unpaired) electrons. The van der Waals surface area contributed by atoms with Crippen molar-refractivity contribution >= 4 is 21.7 Å². The SMILES string of the molecule is CCNC(=NCCS(N)(=O)=O)NC1CCN(c2ccc(F)cc2F)C1. The smallest absolute Gasteiger partial charge is 0.210 e. The van der Waals surface area contributed by atoms with Gasteiger partial charge in [0.25, 0.3) is 0 Å². The van der Waals surface area contributed by atoms with E-state index in [1.54, 1.807) is 0 Å². The predicted octanol–water partition coefficient (Wildman–Crippen LogP) is 0.387. The maximum Gasteiger partial charge on any atom is 0.210 e. The predicted molar refractivity (Wildman–Crippen MR) is 94.1 cm³/mol. The molecule has 10 heteroatoms. The van der Waals surface area contributed by atoms with Gasteiger partial charge in [0.05, 0.1) is 18.0 Å². The summed E-state index contributed by atoms with van der Waals surface area (Å²) < 4.78 is 48.8. The molecule has 1 aromatic carbocycles. The molecule has 0 aromatic heterocycles. The Kier molecular flexibility index (Phi) is 6.54. The molecule has 4 N–H and O–H groups in total. The van der Waals surface area contributed by atoms with Crippen LogP contribution >= 0.6 is 0 Å². The van der Waals surface area contributed by atoms with Crippen LogP contribution < -0.4 is 20.7 Å². The van der Waals surface area contributed by atoms with Crippen molar-refractivity contribution in [3.05, 3.63) is 29.8 Å². The summed E-state index contributed by atoms with van der Waals surface area (Å²) in [4.78, 5) is 6.02. The summed E-state index contributed by atoms with van der Waals surface area (Å²) in [6.07, 6.45) is 0.746. The lowest BCUT2D eigenvalue weighted by Gasteiger charge is -2.21. The third kappa shape index (κ3) is 6.13. The first kappa shape index (κ1) is 19.4. The maximum atomic E-state index is 13.9. The lowest BCUT2D eigenvalue weighted by atomic mass is 10.2. The molecule has 1 heterocycles. The molecule has 1 saturated heterocycles. The van der Waals surface area contributed by atoms with E-state index in [9.17, 15) is 17.2 Å². The van der Waals surface area contributed by atoms with Crippen LogP contribution in [0.1, 0.15) is 13.3 Å². The molecule has 0 bridgehead atoms. The molecule has 0 amide bonds. The minimum absolute atomic E-state index is 0.0109. The highest BCUT2D eigenvalue weighted by atomic mass is 32.2. The standard InChI is InChI=1S/C15H23F2N5O2S/c1-2-19-15(20-6-8-25(18,23)24)21-12-5-7-22(10-12)14-4-3-11(16)9-13(14)17/h3-4,9,12H,2,5-8,10H2,1H3,(H2,18,23,24)(H2,19,20,21). The monoisotopic (exact) mass is 375 g/mol. The number of aliphatic imine (C=N–C) groups is 1. The fraction of sp³-hybridized carbons (Fsp3) is 0.533. The number of sulfonamides is 1. The molecular weight excluding hydrogens is 352 g/mol. The van der Waals surface area contributed by atoms with Crippen LogP contribution in [0.15, 0.2) is 23.2 Å². The van der Waals surface area contributed by atoms with Gasteiger partial charge in [-0.25, -0.2) is 22.3 Å². The second kappa shape index (κ2) is 8.43. The van der Waals surface area contributed by atoms with E-state index in [-0.39, 0.29) is 18.3 Å². The third-order valence-electron chi connectivity index (χ3n) is 3.77. The van der Waals surface area contributed by atoms with E-state index in [0.29, 0.717) is 31.3 Å². The number of primary sulfonamides is 1. The van der Waals surface area contributed by atoms with Gasteiger partial charge in [-0.05, 0) is 25.5 Å². The molecule has 0 saturated carbocycles. The van der Waals surface area contributed by atoms with Crippen molar-refractivity contribution in [1.82, 2.24) is 10.6 Å². The van der Waals surface area contributed by atoms with E-state index in [1.165, 1.54) is 12.1 Å². The molecule has 1 unspecified atom stereocenters. The van der Waals surface area contributed by atoms with Crippen molar-refractivity contribution in [2.24, 2.45) is 10.1 Å². The van der Waals surface area contributed by atoms with Gasteiger partial charge in [-0.3, -0.25) is 4.99 Å². The number of nitrogens with one attached hydrogen (secondary N) is 2. The number of guanidine groups is 1. The molecule has 1 atom stereocenters. The van der Waals surface area contributed by atoms with E-state index in [2.05, 4.69) is 15.6 Å². The Morgan fingerprint density at radius 3 is 2.84 bits per heavy atom. The molecule has 2 rings (SSSR count). The largest absolute Gasteiger partial charge is 0.367 e. The van der Waals surface area contributed by atoms with Crippen molar-refractivity contribution in [3.63, 3.8) is 0 Å². The topological polar surface area (TPSA) is 99.8 Å². The maximum absolute atomic E-state index is 13.9. The summed E-state index contributed by atoms with van der Waals surface area (Å²) in [6.45, 7) is 3.71. The second-order valence-electron chi connectivity index (χ2n) is 5.80. The number of benzene rings is 1. The van der Waals surface area contributed by atoms with Gasteiger partial charge in [0.2, 0.25) is 10.0 Å². The van der Waals surface area contributed by atoms with Crippen LogP contribution in [0.3, 0.4) is 0 Å². The number of hydrogen-bond donors (Lipinski definition) is 3. The molecule has 25 heavy (non-hydrogen) atoms. The van der Waals surface area contributed by atoms with Gasteiger partial charge in [0, 0.05) is 31.7 Å². The number of rotatable bonds is 6. The van der Waals surface area contributed by atoms with Crippen LogP contribution in [0.4, 0.5) is 14.5 Å². The van der Waals surface area contributed by atoms with Crippen LogP contribution in [0.2, 0.25) is 0 Å². The fourth-order valence-corrected chi connectivity index (χ4v) is 2.98. The van der Waals surface area contributed by atoms with Gasteiger partial charge in [0.1, 0.15) is 11.6 Å². The van der Waals surface area contributed by atoms with Gasteiger partial charge in [-0.1, -0.05) is 0 Å². The van der Waals surface area contributed by atoms with Crippen molar-refractivity contribution in [3.8, 4) is 0 Å². The lowest BCUT2D eigenvalue weighted by molar-refractivity contribution is 0.580. The fourth-order valence-electron chi connectivity index (χ4n) is 2.63. The summed E-state index contributed by atoms with van der Waals surface area (Å²) >= 11 is 0. The third-order valence-corrected chi connectivity index (χ3v) is 4.52. The zero-order chi connectivity index (χ0) is 18.4. The quantitative estimate of drug-likeness (QED) is 0.493. The highest BCUT2D eigenvalue weighted by Crippen LogP contribution is 2.24. The van der Waals surface area contributed by atoms with Gasteiger partial charge in [-0.15, -0.1) is 0 Å². The van der Waals surface area contributed by atoms with E-state index in [1.807, 2.05) is 11.8 Å². The number of nitrogens with zero attached hydrogens (tertiary/aromatic N) is 2. The van der Waals surface area contributed by atoms with E-state index in [4.69, 9.17) is 5.14 Å². The lowest BCUT2D eigenvalue weighted by Crippen LogP contribution is -2.45. The van der Waals surface area contributed by atoms with Gasteiger partial charge < -0.3 is 15.5 Å². The van der Waals surface area contributed by atoms with Crippen LogP contribution in [0, 0.1) is 11.6 Å². The van der Waals surface area contributed by atoms with E-state index < -0.39 is 21.7 Å². The van der Waals surface area contributed by atoms with Gasteiger partial charge in [0.15, 0.2) is 5.96 Å². The summed E-state index contributed by atoms with van der Waals surface area (Å²) in [6, 6.07) is 3.54. The molecular formula is C15H23F2N5O2S. The average Bonchev–Trinajstić information content (AvgIpc) is 2.94. The Labute approximate surface area is 146 Å². The molecule has 1 aromatic rings. The van der Waals surface area contributed by atoms with Crippen molar-refractivity contribution in [2.45, 2.75) is 19.4 Å². The van der Waals surface area contributed by atoms with Gasteiger partial charge >= 0.3 is 0 Å². The van der Waals surface area contributed by atoms with Crippen LogP contribution in [-0.4, -0.2) is 52.4 Å². The Hall–Kier alpha value is -1.94. The number of nitrogens with two attached hydrogens (primary N) is 1. The Morgan fingerprint density at radius 1 is 1.44 bits per heavy atom. The summed E-state index contributed by atoms with van der Waals surface area (Å²) in [5, 5.41) is 11.2. The zero-order valence-corrected chi connectivity index (χ0v) is 14.8. The molecule has 0 aliphatic carbocycles. The van der Waals surface area contributed by atoms with Crippen molar-refractivity contribution in [1.29, 1.82) is 0 Å². The Balaban J connectivity index is 1.96. The Bertz CT molecular complexity index is 727. The van der Waals surface area contributed by atoms with Crippen molar-refractivity contribution < 1.29 is 17.2 Å². The summed E-state index contributed by atoms with van der Waals surface area (Å²) in [5.74, 6) is -0.945. The van der Waals surface area contributed by atoms with Crippen LogP contribution in [-0.2, 0) is 10.0 Å². The first-order valence-corrected chi connectivity index (χ1v) is 9.75. The summed E-state index contributed by atoms with van der Waals surface area (Å²) in [5.41, 5.74) is 0.363. The number of hydrogen-bond acceptors (Lipinski definition) is 4. The first-order valence-electron chi connectivity index (χ1n) is 8.04. The molecule has 140 valence electrons. The van der Waals surface area contributed by atoms with Crippen LogP contribution in [0.25, 0.3) is 0 Å². The highest BCUT2D eigenvalue weighted by Gasteiger charge is 2.25. The average molecular weight is 375 g/mol. The normalized spacial score (nSPS) is 18.5. The minimum atomic E-state index is -3.56. The second-order valence-corrected chi connectivity index (χ2v) is 7.53. The number of halogens is 2. The highest BCUT2D eigenvalue weighted by molar-refractivity contribution is 7.89.